The van der Waals surface area contributed by atoms with Gasteiger partial charge in [0.15, 0.2) is 0 Å². The van der Waals surface area contributed by atoms with Gasteiger partial charge in [0, 0.05) is 22.3 Å². The van der Waals surface area contributed by atoms with E-state index < -0.39 is 0 Å². The number of rotatable bonds is 5. The number of urea groups is 1. The number of aryl methyl sites for hydroxylation is 1. The van der Waals surface area contributed by atoms with E-state index in [0.717, 1.165) is 16.5 Å². The van der Waals surface area contributed by atoms with Crippen molar-refractivity contribution >= 4 is 34.2 Å². The number of hydrogen-bond acceptors (Lipinski definition) is 3. The van der Waals surface area contributed by atoms with Crippen LogP contribution in [0.15, 0.2) is 54.7 Å². The van der Waals surface area contributed by atoms with Gasteiger partial charge >= 0.3 is 6.03 Å². The van der Waals surface area contributed by atoms with Crippen molar-refractivity contribution in [3.05, 3.63) is 65.3 Å². The van der Waals surface area contributed by atoms with Crippen molar-refractivity contribution in [1.29, 1.82) is 0 Å². The highest BCUT2D eigenvalue weighted by molar-refractivity contribution is 6.31. The van der Waals surface area contributed by atoms with Crippen LogP contribution in [0, 0.1) is 6.92 Å². The third kappa shape index (κ3) is 4.39. The summed E-state index contributed by atoms with van der Waals surface area (Å²) in [5.41, 5.74) is 2.42. The van der Waals surface area contributed by atoms with Crippen LogP contribution in [-0.2, 0) is 0 Å². The summed E-state index contributed by atoms with van der Waals surface area (Å²) < 4.78 is 5.73. The predicted molar refractivity (Wildman–Crippen MR) is 100 cm³/mol. The largest absolute Gasteiger partial charge is 0.489 e. The van der Waals surface area contributed by atoms with E-state index >= 15 is 0 Å². The first kappa shape index (κ1) is 17.0. The van der Waals surface area contributed by atoms with Gasteiger partial charge in [-0.3, -0.25) is 4.98 Å². The molecule has 0 radical (unpaired) electrons. The van der Waals surface area contributed by atoms with Gasteiger partial charge in [-0.05, 0) is 36.8 Å². The lowest BCUT2D eigenvalue weighted by atomic mass is 10.2. The Morgan fingerprint density at radius 2 is 2.04 bits per heavy atom. The number of aromatic nitrogens is 1. The van der Waals surface area contributed by atoms with E-state index in [9.17, 15) is 4.79 Å². The number of nitrogens with one attached hydrogen (secondary N) is 2. The van der Waals surface area contributed by atoms with Crippen LogP contribution in [0.2, 0.25) is 5.02 Å². The highest BCUT2D eigenvalue weighted by Crippen LogP contribution is 2.22. The summed E-state index contributed by atoms with van der Waals surface area (Å²) in [6, 6.07) is 14.7. The zero-order valence-electron chi connectivity index (χ0n) is 13.8. The van der Waals surface area contributed by atoms with Crippen LogP contribution in [0.5, 0.6) is 5.75 Å². The first-order valence-corrected chi connectivity index (χ1v) is 8.29. The van der Waals surface area contributed by atoms with E-state index in [1.807, 2.05) is 43.3 Å². The molecule has 0 spiro atoms. The lowest BCUT2D eigenvalue weighted by molar-refractivity contribution is 0.247. The number of fused-ring (bicyclic) bond motifs is 1. The smallest absolute Gasteiger partial charge is 0.319 e. The van der Waals surface area contributed by atoms with Gasteiger partial charge in [-0.15, -0.1) is 0 Å². The molecule has 0 atom stereocenters. The Morgan fingerprint density at radius 1 is 1.20 bits per heavy atom. The van der Waals surface area contributed by atoms with Gasteiger partial charge in [-0.2, -0.15) is 0 Å². The molecule has 0 fully saturated rings. The fraction of sp³-hybridized carbons (Fsp3) is 0.158. The number of ether oxygens (including phenoxy) is 1. The average Bonchev–Trinajstić information content (AvgIpc) is 2.62. The van der Waals surface area contributed by atoms with E-state index in [0.29, 0.717) is 29.6 Å². The molecule has 1 heterocycles. The third-order valence-electron chi connectivity index (χ3n) is 3.67. The van der Waals surface area contributed by atoms with Gasteiger partial charge in [0.2, 0.25) is 0 Å². The number of para-hydroxylation sites is 1. The van der Waals surface area contributed by atoms with E-state index in [2.05, 4.69) is 15.6 Å². The van der Waals surface area contributed by atoms with Crippen LogP contribution < -0.4 is 15.4 Å². The molecule has 25 heavy (non-hydrogen) atoms. The minimum Gasteiger partial charge on any atom is -0.489 e. The number of nitrogens with zero attached hydrogens (tertiary/aromatic N) is 1. The molecule has 6 heteroatoms. The maximum atomic E-state index is 11.9. The second-order valence-corrected chi connectivity index (χ2v) is 5.93. The Kier molecular flexibility index (Phi) is 5.36. The number of benzene rings is 2. The maximum absolute atomic E-state index is 11.9. The monoisotopic (exact) mass is 355 g/mol. The average molecular weight is 356 g/mol. The minimum atomic E-state index is -0.306. The van der Waals surface area contributed by atoms with Crippen LogP contribution >= 0.6 is 11.6 Å². The Morgan fingerprint density at radius 3 is 2.88 bits per heavy atom. The van der Waals surface area contributed by atoms with Crippen LogP contribution in [0.3, 0.4) is 0 Å². The van der Waals surface area contributed by atoms with Crippen molar-refractivity contribution in [2.45, 2.75) is 6.92 Å². The van der Waals surface area contributed by atoms with Crippen LogP contribution in [0.4, 0.5) is 10.5 Å². The molecule has 0 aliphatic carbocycles. The molecule has 5 nitrogen and oxygen atoms in total. The fourth-order valence-electron chi connectivity index (χ4n) is 2.36. The molecule has 0 bridgehead atoms. The first-order chi connectivity index (χ1) is 12.1. The SMILES string of the molecule is Cc1ccc(NC(=O)NCCOc2cccc3cccnc23)cc1Cl. The summed E-state index contributed by atoms with van der Waals surface area (Å²) in [5, 5.41) is 7.11. The van der Waals surface area contributed by atoms with Gasteiger partial charge in [0.05, 0.1) is 6.54 Å². The van der Waals surface area contributed by atoms with Gasteiger partial charge < -0.3 is 15.4 Å². The molecule has 2 N–H and O–H groups in total. The Labute approximate surface area is 151 Å². The molecular formula is C19H18ClN3O2. The number of halogens is 1. The summed E-state index contributed by atoms with van der Waals surface area (Å²) in [7, 11) is 0. The number of carbonyl (C=O) groups is 1. The lowest BCUT2D eigenvalue weighted by Gasteiger charge is -2.11. The van der Waals surface area contributed by atoms with Crippen molar-refractivity contribution in [2.24, 2.45) is 0 Å². The molecule has 128 valence electrons. The van der Waals surface area contributed by atoms with E-state index in [4.69, 9.17) is 16.3 Å². The second kappa shape index (κ2) is 7.85. The van der Waals surface area contributed by atoms with Crippen molar-refractivity contribution in [3.8, 4) is 5.75 Å². The molecule has 0 aliphatic heterocycles. The van der Waals surface area contributed by atoms with Crippen LogP contribution in [-0.4, -0.2) is 24.2 Å². The number of pyridine rings is 1. The van der Waals surface area contributed by atoms with Crippen LogP contribution in [0.25, 0.3) is 10.9 Å². The molecule has 2 aromatic carbocycles. The van der Waals surface area contributed by atoms with Crippen LogP contribution in [0.1, 0.15) is 5.56 Å². The quantitative estimate of drug-likeness (QED) is 0.667. The van der Waals surface area contributed by atoms with E-state index in [-0.39, 0.29) is 6.03 Å². The Bertz CT molecular complexity index is 893. The number of hydrogen-bond donors (Lipinski definition) is 2. The zero-order valence-corrected chi connectivity index (χ0v) is 14.5. The Hall–Kier alpha value is -2.79. The molecule has 3 aromatic rings. The van der Waals surface area contributed by atoms with Crippen molar-refractivity contribution < 1.29 is 9.53 Å². The summed E-state index contributed by atoms with van der Waals surface area (Å²) >= 11 is 6.04. The Balaban J connectivity index is 1.49. The van der Waals surface area contributed by atoms with Gasteiger partial charge in [0.25, 0.3) is 0 Å². The van der Waals surface area contributed by atoms with Gasteiger partial charge in [0.1, 0.15) is 17.9 Å². The molecule has 3 rings (SSSR count). The fourth-order valence-corrected chi connectivity index (χ4v) is 2.54. The predicted octanol–water partition coefficient (Wildman–Crippen LogP) is 4.40. The molecule has 0 unspecified atom stereocenters. The minimum absolute atomic E-state index is 0.306. The highest BCUT2D eigenvalue weighted by atomic mass is 35.5. The first-order valence-electron chi connectivity index (χ1n) is 7.91. The summed E-state index contributed by atoms with van der Waals surface area (Å²) in [6.07, 6.45) is 1.73. The highest BCUT2D eigenvalue weighted by Gasteiger charge is 2.05. The van der Waals surface area contributed by atoms with Gasteiger partial charge in [-0.25, -0.2) is 4.79 Å². The molecule has 0 saturated carbocycles. The molecule has 0 saturated heterocycles. The topological polar surface area (TPSA) is 63.2 Å². The number of amides is 2. The van der Waals surface area contributed by atoms with E-state index in [1.165, 1.54) is 0 Å². The maximum Gasteiger partial charge on any atom is 0.319 e. The zero-order chi connectivity index (χ0) is 17.6. The van der Waals surface area contributed by atoms with Gasteiger partial charge in [-0.1, -0.05) is 35.9 Å². The van der Waals surface area contributed by atoms with Crippen molar-refractivity contribution in [1.82, 2.24) is 10.3 Å². The molecule has 2 amide bonds. The van der Waals surface area contributed by atoms with Crippen molar-refractivity contribution in [2.75, 3.05) is 18.5 Å². The van der Waals surface area contributed by atoms with E-state index in [1.54, 1.807) is 18.3 Å². The molecule has 1 aromatic heterocycles. The summed E-state index contributed by atoms with van der Waals surface area (Å²) in [6.45, 7) is 2.62. The standard InChI is InChI=1S/C19H18ClN3O2/c1-13-7-8-15(12-16(13)20)23-19(24)22-10-11-25-17-6-2-4-14-5-3-9-21-18(14)17/h2-9,12H,10-11H2,1H3,(H2,22,23,24). The second-order valence-electron chi connectivity index (χ2n) is 5.52. The molecule has 0 aliphatic rings. The number of anilines is 1. The third-order valence-corrected chi connectivity index (χ3v) is 4.08. The summed E-state index contributed by atoms with van der Waals surface area (Å²) in [4.78, 5) is 16.2. The normalized spacial score (nSPS) is 10.5. The lowest BCUT2D eigenvalue weighted by Crippen LogP contribution is -2.32. The summed E-state index contributed by atoms with van der Waals surface area (Å²) in [5.74, 6) is 0.700. The molecular weight excluding hydrogens is 338 g/mol. The van der Waals surface area contributed by atoms with Crippen molar-refractivity contribution in [3.63, 3.8) is 0 Å². The number of carbonyl (C=O) groups excluding carboxylic acids is 1.